The smallest absolute Gasteiger partial charge is 0.339 e. The van der Waals surface area contributed by atoms with Crippen molar-refractivity contribution in [3.8, 4) is 0 Å². The molecule has 0 aliphatic carbocycles. The average molecular weight is 182 g/mol. The first-order valence-electron chi connectivity index (χ1n) is 3.63. The number of methoxy groups -OCH3 is 1. The Morgan fingerprint density at radius 3 is 2.85 bits per heavy atom. The van der Waals surface area contributed by atoms with E-state index in [2.05, 4.69) is 14.6 Å². The summed E-state index contributed by atoms with van der Waals surface area (Å²) in [4.78, 5) is 19.3. The van der Waals surface area contributed by atoms with Crippen molar-refractivity contribution in [3.63, 3.8) is 0 Å². The molecule has 1 aromatic rings. The lowest BCUT2D eigenvalue weighted by atomic mass is 10.2. The molecule has 1 aromatic heterocycles. The van der Waals surface area contributed by atoms with E-state index >= 15 is 0 Å². The first kappa shape index (κ1) is 9.63. The van der Waals surface area contributed by atoms with E-state index in [1.165, 1.54) is 13.3 Å². The Bertz CT molecular complexity index is 284. The van der Waals surface area contributed by atoms with E-state index in [1.54, 1.807) is 12.1 Å². The number of nitrogens with zero attached hydrogens (tertiary/aromatic N) is 1. The van der Waals surface area contributed by atoms with Crippen molar-refractivity contribution in [2.45, 2.75) is 6.61 Å². The molecule has 0 bridgehead atoms. The molecule has 13 heavy (non-hydrogen) atoms. The van der Waals surface area contributed by atoms with Gasteiger partial charge in [-0.25, -0.2) is 10.7 Å². The number of esters is 1. The van der Waals surface area contributed by atoms with Gasteiger partial charge >= 0.3 is 5.97 Å². The van der Waals surface area contributed by atoms with Gasteiger partial charge in [0.1, 0.15) is 6.61 Å². The monoisotopic (exact) mass is 182 g/mol. The fourth-order valence-electron chi connectivity index (χ4n) is 0.834. The van der Waals surface area contributed by atoms with Gasteiger partial charge in [0.15, 0.2) is 0 Å². The number of aromatic nitrogens is 1. The Morgan fingerprint density at radius 2 is 2.38 bits per heavy atom. The second-order valence-electron chi connectivity index (χ2n) is 2.34. The zero-order valence-electron chi connectivity index (χ0n) is 7.19. The molecule has 0 radical (unpaired) electrons. The van der Waals surface area contributed by atoms with Crippen molar-refractivity contribution >= 4 is 5.97 Å². The molecule has 0 saturated heterocycles. The number of hydrogen-bond donors (Lipinski definition) is 1. The van der Waals surface area contributed by atoms with E-state index in [1.807, 2.05) is 0 Å². The van der Waals surface area contributed by atoms with Gasteiger partial charge in [-0.15, -0.1) is 0 Å². The maximum absolute atomic E-state index is 11.0. The van der Waals surface area contributed by atoms with Crippen molar-refractivity contribution in [2.24, 2.45) is 5.90 Å². The highest BCUT2D eigenvalue weighted by atomic mass is 16.6. The summed E-state index contributed by atoms with van der Waals surface area (Å²) in [6.45, 7) is 0.224. The predicted octanol–water partition coefficient (Wildman–Crippen LogP) is 0.258. The van der Waals surface area contributed by atoms with Crippen LogP contribution in [0.25, 0.3) is 0 Å². The molecule has 5 nitrogen and oxygen atoms in total. The zero-order valence-corrected chi connectivity index (χ0v) is 7.19. The normalized spacial score (nSPS) is 9.69. The van der Waals surface area contributed by atoms with Crippen LogP contribution in [-0.2, 0) is 16.2 Å². The van der Waals surface area contributed by atoms with Crippen LogP contribution >= 0.6 is 0 Å². The van der Waals surface area contributed by atoms with Gasteiger partial charge in [0.2, 0.25) is 0 Å². The van der Waals surface area contributed by atoms with Gasteiger partial charge in [-0.1, -0.05) is 0 Å². The van der Waals surface area contributed by atoms with Crippen LogP contribution in [0.4, 0.5) is 0 Å². The number of carbonyl (C=O) groups excluding carboxylic acids is 1. The molecule has 1 rings (SSSR count). The second kappa shape index (κ2) is 4.54. The first-order valence-corrected chi connectivity index (χ1v) is 3.63. The van der Waals surface area contributed by atoms with Gasteiger partial charge in [0.25, 0.3) is 0 Å². The van der Waals surface area contributed by atoms with E-state index in [0.29, 0.717) is 11.3 Å². The summed E-state index contributed by atoms with van der Waals surface area (Å²) >= 11 is 0. The van der Waals surface area contributed by atoms with Gasteiger partial charge in [-0.2, -0.15) is 0 Å². The lowest BCUT2D eigenvalue weighted by molar-refractivity contribution is 0.0600. The number of pyridine rings is 1. The van der Waals surface area contributed by atoms with E-state index in [0.717, 1.165) is 0 Å². The van der Waals surface area contributed by atoms with Crippen LogP contribution in [0, 0.1) is 0 Å². The Kier molecular flexibility index (Phi) is 3.36. The third-order valence-corrected chi connectivity index (χ3v) is 1.48. The maximum atomic E-state index is 11.0. The van der Waals surface area contributed by atoms with Gasteiger partial charge in [-0.05, 0) is 12.1 Å². The van der Waals surface area contributed by atoms with Crippen LogP contribution < -0.4 is 5.90 Å². The lowest BCUT2D eigenvalue weighted by Gasteiger charge is -2.00. The lowest BCUT2D eigenvalue weighted by Crippen LogP contribution is -2.04. The van der Waals surface area contributed by atoms with Crippen LogP contribution in [0.2, 0.25) is 0 Å². The highest BCUT2D eigenvalue weighted by Crippen LogP contribution is 2.02. The molecule has 0 spiro atoms. The van der Waals surface area contributed by atoms with Gasteiger partial charge in [0.05, 0.1) is 18.4 Å². The molecule has 0 fully saturated rings. The molecule has 1 heterocycles. The second-order valence-corrected chi connectivity index (χ2v) is 2.34. The largest absolute Gasteiger partial charge is 0.465 e. The predicted molar refractivity (Wildman–Crippen MR) is 44.6 cm³/mol. The Labute approximate surface area is 75.4 Å². The molecule has 0 saturated carbocycles. The quantitative estimate of drug-likeness (QED) is 0.536. The number of nitrogens with two attached hydrogens (primary N) is 1. The molecule has 0 amide bonds. The molecule has 0 atom stereocenters. The number of ether oxygens (including phenoxy) is 1. The summed E-state index contributed by atoms with van der Waals surface area (Å²) in [5.74, 6) is 4.44. The van der Waals surface area contributed by atoms with Crippen LogP contribution in [0.15, 0.2) is 18.3 Å². The van der Waals surface area contributed by atoms with E-state index in [4.69, 9.17) is 5.90 Å². The third-order valence-electron chi connectivity index (χ3n) is 1.48. The summed E-state index contributed by atoms with van der Waals surface area (Å²) in [5, 5.41) is 0. The van der Waals surface area contributed by atoms with Crippen molar-refractivity contribution in [2.75, 3.05) is 7.11 Å². The summed E-state index contributed by atoms with van der Waals surface area (Å²) in [5.41, 5.74) is 1.07. The molecule has 0 unspecified atom stereocenters. The highest BCUT2D eigenvalue weighted by Gasteiger charge is 2.04. The van der Waals surface area contributed by atoms with Crippen molar-refractivity contribution in [3.05, 3.63) is 29.6 Å². The molecular formula is C8H10N2O3. The van der Waals surface area contributed by atoms with Gasteiger partial charge < -0.3 is 4.74 Å². The summed E-state index contributed by atoms with van der Waals surface area (Å²) in [7, 11) is 1.32. The van der Waals surface area contributed by atoms with Crippen molar-refractivity contribution < 1.29 is 14.4 Å². The third kappa shape index (κ3) is 2.50. The molecule has 0 aliphatic heterocycles. The fourth-order valence-corrected chi connectivity index (χ4v) is 0.834. The zero-order chi connectivity index (χ0) is 9.68. The highest BCUT2D eigenvalue weighted by molar-refractivity contribution is 5.88. The number of carbonyl (C=O) groups is 1. The summed E-state index contributed by atoms with van der Waals surface area (Å²) in [6.07, 6.45) is 1.42. The average Bonchev–Trinajstić information content (AvgIpc) is 2.18. The minimum atomic E-state index is -0.410. The van der Waals surface area contributed by atoms with E-state index < -0.39 is 5.97 Å². The molecule has 5 heteroatoms. The van der Waals surface area contributed by atoms with Crippen molar-refractivity contribution in [1.82, 2.24) is 4.98 Å². The Morgan fingerprint density at radius 1 is 1.62 bits per heavy atom. The molecule has 70 valence electrons. The summed E-state index contributed by atoms with van der Waals surface area (Å²) in [6, 6.07) is 3.26. The minimum absolute atomic E-state index is 0.224. The Hall–Kier alpha value is -1.46. The van der Waals surface area contributed by atoms with Crippen LogP contribution in [0.5, 0.6) is 0 Å². The SMILES string of the molecule is COC(=O)c1ccc(CON)nc1. The van der Waals surface area contributed by atoms with Crippen LogP contribution in [0.3, 0.4) is 0 Å². The first-order chi connectivity index (χ1) is 6.27. The van der Waals surface area contributed by atoms with Crippen LogP contribution in [-0.4, -0.2) is 18.1 Å². The molecule has 0 aromatic carbocycles. The Balaban J connectivity index is 2.75. The van der Waals surface area contributed by atoms with E-state index in [9.17, 15) is 4.79 Å². The maximum Gasteiger partial charge on any atom is 0.339 e. The summed E-state index contributed by atoms with van der Waals surface area (Å²) < 4.78 is 4.50. The van der Waals surface area contributed by atoms with Gasteiger partial charge in [-0.3, -0.25) is 9.82 Å². The fraction of sp³-hybridized carbons (Fsp3) is 0.250. The van der Waals surface area contributed by atoms with Gasteiger partial charge in [0, 0.05) is 6.20 Å². The minimum Gasteiger partial charge on any atom is -0.465 e. The number of hydrogen-bond acceptors (Lipinski definition) is 5. The molecule has 0 aliphatic rings. The topological polar surface area (TPSA) is 74.4 Å². The molecular weight excluding hydrogens is 172 g/mol. The number of rotatable bonds is 3. The van der Waals surface area contributed by atoms with Crippen molar-refractivity contribution in [1.29, 1.82) is 0 Å². The standard InChI is InChI=1S/C8H10N2O3/c1-12-8(11)6-2-3-7(5-13-9)10-4-6/h2-4H,5,9H2,1H3. The molecule has 2 N–H and O–H groups in total. The van der Waals surface area contributed by atoms with E-state index in [-0.39, 0.29) is 6.61 Å². The van der Waals surface area contributed by atoms with Crippen LogP contribution in [0.1, 0.15) is 16.1 Å².